The van der Waals surface area contributed by atoms with Gasteiger partial charge >= 0.3 is 0 Å². The Kier molecular flexibility index (Phi) is 1.93. The van der Waals surface area contributed by atoms with Crippen LogP contribution >= 0.6 is 0 Å². The highest BCUT2D eigenvalue weighted by Crippen LogP contribution is 2.35. The van der Waals surface area contributed by atoms with Crippen LogP contribution in [0, 0.1) is 11.3 Å². The summed E-state index contributed by atoms with van der Waals surface area (Å²) in [6, 6.07) is 0. The number of allylic oxidation sites excluding steroid dienone is 2. The van der Waals surface area contributed by atoms with Crippen LogP contribution < -0.4 is 0 Å². The monoisotopic (exact) mass is 138 g/mol. The van der Waals surface area contributed by atoms with Crippen LogP contribution in [0.4, 0.5) is 0 Å². The summed E-state index contributed by atoms with van der Waals surface area (Å²) < 4.78 is 0. The van der Waals surface area contributed by atoms with Crippen molar-refractivity contribution in [2.24, 2.45) is 11.3 Å². The van der Waals surface area contributed by atoms with Gasteiger partial charge in [-0.05, 0) is 18.8 Å². The van der Waals surface area contributed by atoms with Crippen LogP contribution in [-0.2, 0) is 4.79 Å². The third-order valence-corrected chi connectivity index (χ3v) is 2.61. The number of carbonyl (C=O) groups excluding carboxylic acids is 1. The van der Waals surface area contributed by atoms with Gasteiger partial charge in [-0.15, -0.1) is 0 Å². The van der Waals surface area contributed by atoms with Crippen molar-refractivity contribution in [1.29, 1.82) is 0 Å². The molecule has 0 heterocycles. The maximum Gasteiger partial charge on any atom is 0.126 e. The van der Waals surface area contributed by atoms with Crippen molar-refractivity contribution in [1.82, 2.24) is 0 Å². The average Bonchev–Trinajstić information content (AvgIpc) is 1.96. The van der Waals surface area contributed by atoms with Gasteiger partial charge in [-0.1, -0.05) is 26.0 Å². The van der Waals surface area contributed by atoms with Crippen LogP contribution in [-0.4, -0.2) is 6.29 Å². The summed E-state index contributed by atoms with van der Waals surface area (Å²) in [4.78, 5) is 10.7. The number of aldehydes is 1. The molecule has 1 aliphatic rings. The van der Waals surface area contributed by atoms with E-state index < -0.39 is 0 Å². The Bertz CT molecular complexity index is 160. The SMILES string of the molecule is C[C@H]1CC=CC[C@]1(C)C=O. The number of hydrogen-bond donors (Lipinski definition) is 0. The van der Waals surface area contributed by atoms with Crippen molar-refractivity contribution in [3.05, 3.63) is 12.2 Å². The second-order valence-corrected chi connectivity index (χ2v) is 3.44. The molecule has 0 N–H and O–H groups in total. The predicted octanol–water partition coefficient (Wildman–Crippen LogP) is 2.18. The molecule has 1 nitrogen and oxygen atoms in total. The van der Waals surface area contributed by atoms with E-state index in [1.54, 1.807) is 0 Å². The maximum atomic E-state index is 10.7. The highest BCUT2D eigenvalue weighted by atomic mass is 16.1. The average molecular weight is 138 g/mol. The molecule has 0 aliphatic heterocycles. The molecular weight excluding hydrogens is 124 g/mol. The largest absolute Gasteiger partial charge is 0.303 e. The fourth-order valence-corrected chi connectivity index (χ4v) is 1.27. The van der Waals surface area contributed by atoms with Gasteiger partial charge in [0.05, 0.1) is 0 Å². The molecule has 10 heavy (non-hydrogen) atoms. The van der Waals surface area contributed by atoms with Crippen molar-refractivity contribution in [3.8, 4) is 0 Å². The van der Waals surface area contributed by atoms with Gasteiger partial charge in [0.2, 0.25) is 0 Å². The molecule has 2 atom stereocenters. The first-order valence-corrected chi connectivity index (χ1v) is 3.80. The van der Waals surface area contributed by atoms with Crippen molar-refractivity contribution >= 4 is 6.29 Å². The van der Waals surface area contributed by atoms with Crippen LogP contribution in [0.2, 0.25) is 0 Å². The van der Waals surface area contributed by atoms with Gasteiger partial charge in [-0.3, -0.25) is 0 Å². The van der Waals surface area contributed by atoms with Gasteiger partial charge in [0.15, 0.2) is 0 Å². The van der Waals surface area contributed by atoms with E-state index in [1.165, 1.54) is 0 Å². The first-order chi connectivity index (χ1) is 4.69. The zero-order valence-electron chi connectivity index (χ0n) is 6.63. The Labute approximate surface area is 62.1 Å². The summed E-state index contributed by atoms with van der Waals surface area (Å²) in [5.74, 6) is 0.509. The third-order valence-electron chi connectivity index (χ3n) is 2.61. The lowest BCUT2D eigenvalue weighted by Crippen LogP contribution is -2.28. The van der Waals surface area contributed by atoms with E-state index in [-0.39, 0.29) is 5.41 Å². The zero-order valence-corrected chi connectivity index (χ0v) is 6.63. The molecule has 0 radical (unpaired) electrons. The van der Waals surface area contributed by atoms with Crippen LogP contribution in [0.1, 0.15) is 26.7 Å². The van der Waals surface area contributed by atoms with Crippen LogP contribution in [0.25, 0.3) is 0 Å². The van der Waals surface area contributed by atoms with Crippen molar-refractivity contribution in [2.45, 2.75) is 26.7 Å². The lowest BCUT2D eigenvalue weighted by molar-refractivity contribution is -0.117. The Balaban J connectivity index is 2.75. The van der Waals surface area contributed by atoms with Crippen molar-refractivity contribution in [2.75, 3.05) is 0 Å². The predicted molar refractivity (Wildman–Crippen MR) is 41.7 cm³/mol. The normalized spacial score (nSPS) is 39.6. The fourth-order valence-electron chi connectivity index (χ4n) is 1.27. The first-order valence-electron chi connectivity index (χ1n) is 3.80. The summed E-state index contributed by atoms with van der Waals surface area (Å²) >= 11 is 0. The van der Waals surface area contributed by atoms with E-state index in [4.69, 9.17) is 0 Å². The summed E-state index contributed by atoms with van der Waals surface area (Å²) in [7, 11) is 0. The fraction of sp³-hybridized carbons (Fsp3) is 0.667. The molecule has 56 valence electrons. The van der Waals surface area contributed by atoms with Gasteiger partial charge in [0, 0.05) is 5.41 Å². The topological polar surface area (TPSA) is 17.1 Å². The quantitative estimate of drug-likeness (QED) is 0.401. The second kappa shape index (κ2) is 2.57. The molecule has 0 aromatic rings. The van der Waals surface area contributed by atoms with E-state index in [9.17, 15) is 4.79 Å². The van der Waals surface area contributed by atoms with Crippen LogP contribution in [0.5, 0.6) is 0 Å². The van der Waals surface area contributed by atoms with Crippen molar-refractivity contribution in [3.63, 3.8) is 0 Å². The minimum Gasteiger partial charge on any atom is -0.303 e. The Morgan fingerprint density at radius 2 is 2.30 bits per heavy atom. The summed E-state index contributed by atoms with van der Waals surface area (Å²) in [5.41, 5.74) is -0.0885. The zero-order chi connectivity index (χ0) is 7.61. The van der Waals surface area contributed by atoms with E-state index >= 15 is 0 Å². The van der Waals surface area contributed by atoms with Gasteiger partial charge in [0.25, 0.3) is 0 Å². The second-order valence-electron chi connectivity index (χ2n) is 3.44. The van der Waals surface area contributed by atoms with Gasteiger partial charge < -0.3 is 4.79 Å². The third kappa shape index (κ3) is 1.13. The summed E-state index contributed by atoms with van der Waals surface area (Å²) in [5, 5.41) is 0. The van der Waals surface area contributed by atoms with E-state index in [2.05, 4.69) is 19.1 Å². The lowest BCUT2D eigenvalue weighted by atomic mass is 9.72. The molecule has 0 spiro atoms. The Morgan fingerprint density at radius 1 is 1.60 bits per heavy atom. The first kappa shape index (κ1) is 7.52. The minimum absolute atomic E-state index is 0.0885. The van der Waals surface area contributed by atoms with Gasteiger partial charge in [-0.25, -0.2) is 0 Å². The van der Waals surface area contributed by atoms with Crippen LogP contribution in [0.3, 0.4) is 0 Å². The van der Waals surface area contributed by atoms with E-state index in [0.29, 0.717) is 5.92 Å². The molecule has 1 aliphatic carbocycles. The minimum atomic E-state index is -0.0885. The van der Waals surface area contributed by atoms with Gasteiger partial charge in [0.1, 0.15) is 6.29 Å². The molecule has 1 rings (SSSR count). The molecule has 0 aromatic carbocycles. The molecule has 0 saturated heterocycles. The Morgan fingerprint density at radius 3 is 2.70 bits per heavy atom. The molecule has 0 saturated carbocycles. The molecule has 0 aromatic heterocycles. The molecule has 0 unspecified atom stereocenters. The lowest BCUT2D eigenvalue weighted by Gasteiger charge is -2.31. The highest BCUT2D eigenvalue weighted by molar-refractivity contribution is 5.60. The standard InChI is InChI=1S/C9H14O/c1-8-5-3-4-6-9(8,2)7-10/h3-4,7-8H,5-6H2,1-2H3/t8-,9+/m0/s1. The van der Waals surface area contributed by atoms with Crippen molar-refractivity contribution < 1.29 is 4.79 Å². The van der Waals surface area contributed by atoms with E-state index in [0.717, 1.165) is 19.1 Å². The number of rotatable bonds is 1. The van der Waals surface area contributed by atoms with Gasteiger partial charge in [-0.2, -0.15) is 0 Å². The highest BCUT2D eigenvalue weighted by Gasteiger charge is 2.30. The maximum absolute atomic E-state index is 10.7. The number of hydrogen-bond acceptors (Lipinski definition) is 1. The molecule has 0 amide bonds. The van der Waals surface area contributed by atoms with Crippen LogP contribution in [0.15, 0.2) is 12.2 Å². The molecular formula is C9H14O. The smallest absolute Gasteiger partial charge is 0.126 e. The number of carbonyl (C=O) groups is 1. The molecule has 0 fully saturated rings. The molecule has 1 heteroatoms. The Hall–Kier alpha value is -0.590. The molecule has 0 bridgehead atoms. The van der Waals surface area contributed by atoms with E-state index in [1.807, 2.05) is 6.92 Å². The summed E-state index contributed by atoms with van der Waals surface area (Å²) in [6.45, 7) is 4.17. The summed E-state index contributed by atoms with van der Waals surface area (Å²) in [6.07, 6.45) is 7.33.